The minimum absolute atomic E-state index is 0.498. The van der Waals surface area contributed by atoms with Crippen molar-refractivity contribution in [3.05, 3.63) is 30.0 Å². The molecule has 0 aliphatic rings. The number of likely N-dealkylation sites (N-methyl/N-ethyl adjacent to an activating group) is 1. The van der Waals surface area contributed by atoms with Gasteiger partial charge in [-0.1, -0.05) is 38.5 Å². The first-order valence-corrected chi connectivity index (χ1v) is 7.25. The van der Waals surface area contributed by atoms with Crippen molar-refractivity contribution in [2.45, 2.75) is 39.2 Å². The van der Waals surface area contributed by atoms with E-state index in [4.69, 9.17) is 5.10 Å². The molecule has 3 heteroatoms. The summed E-state index contributed by atoms with van der Waals surface area (Å²) in [4.78, 5) is 0. The second-order valence-corrected chi connectivity index (χ2v) is 5.45. The SMILES string of the molecule is CCCC(C)C(Cc1nn(C)c2ccccc12)NC. The second-order valence-electron chi connectivity index (χ2n) is 5.45. The summed E-state index contributed by atoms with van der Waals surface area (Å²) in [5.41, 5.74) is 2.43. The van der Waals surface area contributed by atoms with Gasteiger partial charge in [-0.3, -0.25) is 4.68 Å². The number of aromatic nitrogens is 2. The molecule has 0 bridgehead atoms. The molecule has 0 fully saturated rings. The van der Waals surface area contributed by atoms with Crippen molar-refractivity contribution >= 4 is 10.9 Å². The van der Waals surface area contributed by atoms with E-state index in [9.17, 15) is 0 Å². The Kier molecular flexibility index (Phi) is 4.59. The number of para-hydroxylation sites is 1. The third-order valence-corrected chi connectivity index (χ3v) is 4.05. The summed E-state index contributed by atoms with van der Waals surface area (Å²) >= 11 is 0. The van der Waals surface area contributed by atoms with Crippen molar-refractivity contribution in [2.75, 3.05) is 7.05 Å². The topological polar surface area (TPSA) is 29.9 Å². The van der Waals surface area contributed by atoms with Gasteiger partial charge in [-0.05, 0) is 25.5 Å². The van der Waals surface area contributed by atoms with Crippen molar-refractivity contribution in [2.24, 2.45) is 13.0 Å². The molecule has 0 radical (unpaired) electrons. The molecular weight excluding hydrogens is 234 g/mol. The highest BCUT2D eigenvalue weighted by Gasteiger charge is 2.18. The standard InChI is InChI=1S/C16H25N3/c1-5-8-12(2)14(17-3)11-15-13-9-6-7-10-16(13)19(4)18-15/h6-7,9-10,12,14,17H,5,8,11H2,1-4H3. The first-order chi connectivity index (χ1) is 9.17. The molecule has 2 atom stereocenters. The van der Waals surface area contributed by atoms with E-state index in [0.29, 0.717) is 12.0 Å². The lowest BCUT2D eigenvalue weighted by Crippen LogP contribution is -2.34. The Morgan fingerprint density at radius 3 is 2.74 bits per heavy atom. The van der Waals surface area contributed by atoms with Crippen LogP contribution in [0, 0.1) is 5.92 Å². The minimum Gasteiger partial charge on any atom is -0.316 e. The molecule has 0 spiro atoms. The fourth-order valence-electron chi connectivity index (χ4n) is 2.89. The lowest BCUT2D eigenvalue weighted by Gasteiger charge is -2.22. The highest BCUT2D eigenvalue weighted by atomic mass is 15.3. The van der Waals surface area contributed by atoms with Gasteiger partial charge in [-0.15, -0.1) is 0 Å². The Labute approximate surface area is 116 Å². The van der Waals surface area contributed by atoms with Crippen LogP contribution in [0.1, 0.15) is 32.4 Å². The third-order valence-electron chi connectivity index (χ3n) is 4.05. The monoisotopic (exact) mass is 259 g/mol. The van der Waals surface area contributed by atoms with Crippen LogP contribution in [-0.4, -0.2) is 22.9 Å². The normalized spacial score (nSPS) is 14.7. The molecule has 1 N–H and O–H groups in total. The number of benzene rings is 1. The lowest BCUT2D eigenvalue weighted by molar-refractivity contribution is 0.369. The van der Waals surface area contributed by atoms with E-state index >= 15 is 0 Å². The quantitative estimate of drug-likeness (QED) is 0.863. The summed E-state index contributed by atoms with van der Waals surface area (Å²) in [5.74, 6) is 0.677. The van der Waals surface area contributed by atoms with Gasteiger partial charge in [0.25, 0.3) is 0 Å². The average Bonchev–Trinajstić information content (AvgIpc) is 2.73. The minimum atomic E-state index is 0.498. The fraction of sp³-hybridized carbons (Fsp3) is 0.562. The molecule has 2 aromatic rings. The van der Waals surface area contributed by atoms with Crippen LogP contribution < -0.4 is 5.32 Å². The molecule has 0 aliphatic carbocycles. The molecule has 0 aliphatic heterocycles. The molecular formula is C16H25N3. The predicted octanol–water partition coefficient (Wildman–Crippen LogP) is 3.14. The number of rotatable bonds is 6. The molecule has 1 aromatic heterocycles. The molecule has 1 aromatic carbocycles. The largest absolute Gasteiger partial charge is 0.316 e. The van der Waals surface area contributed by atoms with Gasteiger partial charge in [-0.2, -0.15) is 5.10 Å². The molecule has 1 heterocycles. The Balaban J connectivity index is 2.24. The summed E-state index contributed by atoms with van der Waals surface area (Å²) in [6.45, 7) is 4.58. The average molecular weight is 259 g/mol. The Bertz CT molecular complexity index is 530. The zero-order chi connectivity index (χ0) is 13.8. The van der Waals surface area contributed by atoms with E-state index in [-0.39, 0.29) is 0 Å². The van der Waals surface area contributed by atoms with Gasteiger partial charge >= 0.3 is 0 Å². The van der Waals surface area contributed by atoms with E-state index in [0.717, 1.165) is 6.42 Å². The Hall–Kier alpha value is -1.35. The predicted molar refractivity (Wildman–Crippen MR) is 81.3 cm³/mol. The van der Waals surface area contributed by atoms with Gasteiger partial charge in [0.2, 0.25) is 0 Å². The van der Waals surface area contributed by atoms with E-state index in [2.05, 4.69) is 50.5 Å². The van der Waals surface area contributed by atoms with E-state index in [1.807, 2.05) is 11.7 Å². The van der Waals surface area contributed by atoms with Crippen molar-refractivity contribution in [3.8, 4) is 0 Å². The van der Waals surface area contributed by atoms with Crippen LogP contribution in [0.3, 0.4) is 0 Å². The molecule has 0 saturated carbocycles. The zero-order valence-electron chi connectivity index (χ0n) is 12.5. The lowest BCUT2D eigenvalue weighted by atomic mass is 9.92. The third kappa shape index (κ3) is 2.98. The fourth-order valence-corrected chi connectivity index (χ4v) is 2.89. The van der Waals surface area contributed by atoms with Crippen LogP contribution in [0.5, 0.6) is 0 Å². The van der Waals surface area contributed by atoms with Crippen molar-refractivity contribution in [1.82, 2.24) is 15.1 Å². The number of nitrogens with zero attached hydrogens (tertiary/aromatic N) is 2. The number of hydrogen-bond acceptors (Lipinski definition) is 2. The Morgan fingerprint density at radius 1 is 1.32 bits per heavy atom. The summed E-state index contributed by atoms with van der Waals surface area (Å²) in [7, 11) is 4.08. The molecule has 3 nitrogen and oxygen atoms in total. The number of nitrogens with one attached hydrogen (secondary N) is 1. The molecule has 0 saturated heterocycles. The molecule has 104 valence electrons. The first kappa shape index (κ1) is 14.1. The zero-order valence-corrected chi connectivity index (χ0v) is 12.5. The van der Waals surface area contributed by atoms with E-state index in [1.165, 1.54) is 29.4 Å². The highest BCUT2D eigenvalue weighted by molar-refractivity contribution is 5.81. The smallest absolute Gasteiger partial charge is 0.0718 e. The van der Waals surface area contributed by atoms with Crippen LogP contribution in [0.25, 0.3) is 10.9 Å². The molecule has 2 unspecified atom stereocenters. The second kappa shape index (κ2) is 6.20. The Morgan fingerprint density at radius 2 is 2.05 bits per heavy atom. The van der Waals surface area contributed by atoms with Gasteiger partial charge in [-0.25, -0.2) is 0 Å². The van der Waals surface area contributed by atoms with Crippen LogP contribution in [0.15, 0.2) is 24.3 Å². The van der Waals surface area contributed by atoms with Crippen LogP contribution >= 0.6 is 0 Å². The van der Waals surface area contributed by atoms with Crippen LogP contribution in [-0.2, 0) is 13.5 Å². The number of hydrogen-bond donors (Lipinski definition) is 1. The van der Waals surface area contributed by atoms with Crippen molar-refractivity contribution < 1.29 is 0 Å². The summed E-state index contributed by atoms with van der Waals surface area (Å²) in [6.07, 6.45) is 3.50. The summed E-state index contributed by atoms with van der Waals surface area (Å²) in [6, 6.07) is 8.98. The van der Waals surface area contributed by atoms with E-state index in [1.54, 1.807) is 0 Å². The number of fused-ring (bicyclic) bond motifs is 1. The van der Waals surface area contributed by atoms with Gasteiger partial charge in [0.15, 0.2) is 0 Å². The van der Waals surface area contributed by atoms with Gasteiger partial charge in [0.1, 0.15) is 0 Å². The van der Waals surface area contributed by atoms with Gasteiger partial charge in [0, 0.05) is 24.9 Å². The van der Waals surface area contributed by atoms with Crippen molar-refractivity contribution in [1.29, 1.82) is 0 Å². The van der Waals surface area contributed by atoms with Crippen LogP contribution in [0.4, 0.5) is 0 Å². The summed E-state index contributed by atoms with van der Waals surface area (Å²) in [5, 5.41) is 9.44. The maximum atomic E-state index is 4.70. The molecule has 0 amide bonds. The first-order valence-electron chi connectivity index (χ1n) is 7.25. The maximum Gasteiger partial charge on any atom is 0.0718 e. The molecule has 19 heavy (non-hydrogen) atoms. The summed E-state index contributed by atoms with van der Waals surface area (Å²) < 4.78 is 1.99. The van der Waals surface area contributed by atoms with Gasteiger partial charge < -0.3 is 5.32 Å². The van der Waals surface area contributed by atoms with Gasteiger partial charge in [0.05, 0.1) is 11.2 Å². The van der Waals surface area contributed by atoms with Crippen LogP contribution in [0.2, 0.25) is 0 Å². The maximum absolute atomic E-state index is 4.70. The van der Waals surface area contributed by atoms with E-state index < -0.39 is 0 Å². The van der Waals surface area contributed by atoms with Crippen molar-refractivity contribution in [3.63, 3.8) is 0 Å². The highest BCUT2D eigenvalue weighted by Crippen LogP contribution is 2.21. The number of aryl methyl sites for hydroxylation is 1. The molecule has 2 rings (SSSR count).